The maximum atomic E-state index is 13.3. The van der Waals surface area contributed by atoms with Crippen LogP contribution in [0.5, 0.6) is 0 Å². The summed E-state index contributed by atoms with van der Waals surface area (Å²) in [6.45, 7) is 0. The van der Waals surface area contributed by atoms with E-state index in [9.17, 15) is 9.18 Å². The van der Waals surface area contributed by atoms with Gasteiger partial charge in [-0.15, -0.1) is 0 Å². The Morgan fingerprint density at radius 1 is 1.21 bits per heavy atom. The summed E-state index contributed by atoms with van der Waals surface area (Å²) in [5.74, 6) is -1.23. The van der Waals surface area contributed by atoms with E-state index in [-0.39, 0.29) is 10.6 Å². The third-order valence-corrected chi connectivity index (χ3v) is 2.88. The fourth-order valence-corrected chi connectivity index (χ4v) is 1.77. The van der Waals surface area contributed by atoms with Crippen molar-refractivity contribution in [2.24, 2.45) is 0 Å². The molecule has 2 aromatic carbocycles. The predicted molar refractivity (Wildman–Crippen MR) is 70.5 cm³/mol. The zero-order valence-corrected chi connectivity index (χ0v) is 10.4. The summed E-state index contributed by atoms with van der Waals surface area (Å²) >= 11 is 5.73. The minimum Gasteiger partial charge on any atom is -0.321 e. The Labute approximate surface area is 114 Å². The van der Waals surface area contributed by atoms with Gasteiger partial charge in [0.05, 0.1) is 21.8 Å². The number of nitrogens with zero attached hydrogens (tertiary/aromatic N) is 1. The van der Waals surface area contributed by atoms with Crippen LogP contribution in [0.25, 0.3) is 0 Å². The second-order valence-electron chi connectivity index (χ2n) is 3.71. The van der Waals surface area contributed by atoms with Crippen molar-refractivity contribution < 1.29 is 9.18 Å². The van der Waals surface area contributed by atoms with Crippen LogP contribution in [0, 0.1) is 17.1 Å². The molecule has 1 N–H and O–H groups in total. The zero-order chi connectivity index (χ0) is 13.8. The Bertz CT molecular complexity index is 679. The Balaban J connectivity index is 2.32. The normalized spacial score (nSPS) is 9.74. The first-order valence-electron chi connectivity index (χ1n) is 5.38. The third kappa shape index (κ3) is 2.72. The van der Waals surface area contributed by atoms with E-state index in [1.807, 2.05) is 6.07 Å². The van der Waals surface area contributed by atoms with Crippen molar-refractivity contribution in [1.29, 1.82) is 5.26 Å². The first-order valence-corrected chi connectivity index (χ1v) is 5.76. The van der Waals surface area contributed by atoms with E-state index in [4.69, 9.17) is 16.9 Å². The summed E-state index contributed by atoms with van der Waals surface area (Å²) in [5.41, 5.74) is 0.702. The van der Waals surface area contributed by atoms with Crippen molar-refractivity contribution in [2.75, 3.05) is 5.32 Å². The molecule has 1 amide bonds. The van der Waals surface area contributed by atoms with E-state index >= 15 is 0 Å². The quantitative estimate of drug-likeness (QED) is 0.909. The molecule has 0 unspecified atom stereocenters. The van der Waals surface area contributed by atoms with Gasteiger partial charge in [-0.1, -0.05) is 29.8 Å². The highest BCUT2D eigenvalue weighted by Crippen LogP contribution is 2.22. The summed E-state index contributed by atoms with van der Waals surface area (Å²) in [7, 11) is 0. The lowest BCUT2D eigenvalue weighted by Crippen LogP contribution is -2.13. The van der Waals surface area contributed by atoms with E-state index < -0.39 is 11.7 Å². The van der Waals surface area contributed by atoms with Gasteiger partial charge in [0.2, 0.25) is 0 Å². The van der Waals surface area contributed by atoms with Crippen molar-refractivity contribution in [1.82, 2.24) is 0 Å². The van der Waals surface area contributed by atoms with Crippen LogP contribution < -0.4 is 5.32 Å². The minimum atomic E-state index is -0.664. The smallest absolute Gasteiger partial charge is 0.257 e. The third-order valence-electron chi connectivity index (χ3n) is 2.49. The maximum Gasteiger partial charge on any atom is 0.257 e. The molecule has 3 nitrogen and oxygen atoms in total. The fourth-order valence-electron chi connectivity index (χ4n) is 1.56. The van der Waals surface area contributed by atoms with Crippen molar-refractivity contribution in [3.63, 3.8) is 0 Å². The summed E-state index contributed by atoms with van der Waals surface area (Å²) in [5, 5.41) is 11.2. The van der Waals surface area contributed by atoms with Crippen molar-refractivity contribution in [2.45, 2.75) is 0 Å². The topological polar surface area (TPSA) is 52.9 Å². The van der Waals surface area contributed by atoms with E-state index in [1.54, 1.807) is 24.3 Å². The number of hydrogen-bond acceptors (Lipinski definition) is 2. The zero-order valence-electron chi connectivity index (χ0n) is 9.65. The highest BCUT2D eigenvalue weighted by atomic mass is 35.5. The Morgan fingerprint density at radius 3 is 2.68 bits per heavy atom. The number of carbonyl (C=O) groups excluding carboxylic acids is 1. The highest BCUT2D eigenvalue weighted by Gasteiger charge is 2.14. The van der Waals surface area contributed by atoms with Crippen LogP contribution in [0.15, 0.2) is 42.5 Å². The summed E-state index contributed by atoms with van der Waals surface area (Å²) in [6, 6.07) is 12.5. The molecular formula is C14H8ClFN2O. The average Bonchev–Trinajstić information content (AvgIpc) is 2.42. The molecule has 0 aliphatic carbocycles. The molecule has 0 aromatic heterocycles. The lowest BCUT2D eigenvalue weighted by Gasteiger charge is -2.08. The van der Waals surface area contributed by atoms with E-state index in [0.29, 0.717) is 11.3 Å². The summed E-state index contributed by atoms with van der Waals surface area (Å²) in [4.78, 5) is 12.0. The largest absolute Gasteiger partial charge is 0.321 e. The second-order valence-corrected chi connectivity index (χ2v) is 4.09. The SMILES string of the molecule is N#Cc1ccccc1NC(=O)c1cccc(F)c1Cl. The summed E-state index contributed by atoms with van der Waals surface area (Å²) < 4.78 is 13.3. The number of carbonyl (C=O) groups is 1. The molecule has 94 valence electrons. The first kappa shape index (κ1) is 13.1. The monoisotopic (exact) mass is 274 g/mol. The molecule has 0 heterocycles. The van der Waals surface area contributed by atoms with Gasteiger partial charge in [-0.25, -0.2) is 4.39 Å². The van der Waals surface area contributed by atoms with E-state index in [2.05, 4.69) is 5.32 Å². The van der Waals surface area contributed by atoms with Crippen LogP contribution in [0.2, 0.25) is 5.02 Å². The van der Waals surface area contributed by atoms with Gasteiger partial charge in [0, 0.05) is 0 Å². The molecule has 0 saturated heterocycles. The number of halogens is 2. The average molecular weight is 275 g/mol. The van der Waals surface area contributed by atoms with Gasteiger partial charge in [-0.2, -0.15) is 5.26 Å². The van der Waals surface area contributed by atoms with Crippen molar-refractivity contribution in [3.05, 3.63) is 64.4 Å². The van der Waals surface area contributed by atoms with E-state index in [0.717, 1.165) is 0 Å². The Hall–Kier alpha value is -2.38. The minimum absolute atomic E-state index is 0.0226. The van der Waals surface area contributed by atoms with Gasteiger partial charge in [-0.05, 0) is 24.3 Å². The Kier molecular flexibility index (Phi) is 3.79. The van der Waals surface area contributed by atoms with Crippen LogP contribution in [0.1, 0.15) is 15.9 Å². The molecule has 0 atom stereocenters. The van der Waals surface area contributed by atoms with Gasteiger partial charge in [0.1, 0.15) is 11.9 Å². The van der Waals surface area contributed by atoms with Crippen LogP contribution in [0.3, 0.4) is 0 Å². The van der Waals surface area contributed by atoms with Crippen molar-refractivity contribution >= 4 is 23.2 Å². The first-order chi connectivity index (χ1) is 9.13. The van der Waals surface area contributed by atoms with Crippen LogP contribution in [-0.4, -0.2) is 5.91 Å². The lowest BCUT2D eigenvalue weighted by atomic mass is 10.1. The van der Waals surface area contributed by atoms with E-state index in [1.165, 1.54) is 18.2 Å². The maximum absolute atomic E-state index is 13.3. The number of rotatable bonds is 2. The molecule has 0 saturated carbocycles. The number of hydrogen-bond donors (Lipinski definition) is 1. The number of nitrogens with one attached hydrogen (secondary N) is 1. The molecule has 5 heteroatoms. The molecule has 0 fully saturated rings. The molecule has 0 spiro atoms. The molecular weight excluding hydrogens is 267 g/mol. The number of benzene rings is 2. The van der Waals surface area contributed by atoms with Gasteiger partial charge in [-0.3, -0.25) is 4.79 Å². The van der Waals surface area contributed by atoms with Gasteiger partial charge < -0.3 is 5.32 Å². The second kappa shape index (κ2) is 5.51. The predicted octanol–water partition coefficient (Wildman–Crippen LogP) is 3.60. The molecule has 2 rings (SSSR count). The molecule has 19 heavy (non-hydrogen) atoms. The standard InChI is InChI=1S/C14H8ClFN2O/c15-13-10(5-3-6-11(13)16)14(19)18-12-7-2-1-4-9(12)8-17/h1-7H,(H,18,19). The lowest BCUT2D eigenvalue weighted by molar-refractivity contribution is 0.102. The fraction of sp³-hybridized carbons (Fsp3) is 0. The number of nitriles is 1. The molecule has 2 aromatic rings. The molecule has 0 radical (unpaired) electrons. The van der Waals surface area contributed by atoms with Gasteiger partial charge >= 0.3 is 0 Å². The number of amides is 1. The summed E-state index contributed by atoms with van der Waals surface area (Å²) in [6.07, 6.45) is 0. The van der Waals surface area contributed by atoms with Crippen LogP contribution in [0.4, 0.5) is 10.1 Å². The highest BCUT2D eigenvalue weighted by molar-refractivity contribution is 6.34. The van der Waals surface area contributed by atoms with Crippen LogP contribution >= 0.6 is 11.6 Å². The Morgan fingerprint density at radius 2 is 1.95 bits per heavy atom. The van der Waals surface area contributed by atoms with Gasteiger partial charge in [0.15, 0.2) is 0 Å². The molecule has 0 aliphatic rings. The molecule has 0 bridgehead atoms. The van der Waals surface area contributed by atoms with Gasteiger partial charge in [0.25, 0.3) is 5.91 Å². The van der Waals surface area contributed by atoms with Crippen LogP contribution in [-0.2, 0) is 0 Å². The number of para-hydroxylation sites is 1. The van der Waals surface area contributed by atoms with Crippen molar-refractivity contribution in [3.8, 4) is 6.07 Å². The molecule has 0 aliphatic heterocycles. The number of anilines is 1.